The monoisotopic (exact) mass is 450 g/mol. The van der Waals surface area contributed by atoms with Gasteiger partial charge in [0.2, 0.25) is 5.91 Å². The van der Waals surface area contributed by atoms with E-state index in [1.807, 2.05) is 0 Å². The van der Waals surface area contributed by atoms with Crippen LogP contribution in [0.25, 0.3) is 5.82 Å². The van der Waals surface area contributed by atoms with Crippen molar-refractivity contribution in [2.24, 2.45) is 5.41 Å². The number of carbonyl (C=O) groups is 1. The molecule has 0 aliphatic carbocycles. The molecular weight excluding hydrogens is 420 g/mol. The lowest BCUT2D eigenvalue weighted by Gasteiger charge is -2.47. The van der Waals surface area contributed by atoms with E-state index in [-0.39, 0.29) is 17.3 Å². The second-order valence-corrected chi connectivity index (χ2v) is 8.89. The van der Waals surface area contributed by atoms with Crippen molar-refractivity contribution in [2.75, 3.05) is 58.3 Å². The van der Waals surface area contributed by atoms with Gasteiger partial charge in [0.15, 0.2) is 11.6 Å². The number of hydrogen-bond donors (Lipinski definition) is 0. The summed E-state index contributed by atoms with van der Waals surface area (Å²) < 4.78 is 6.92. The summed E-state index contributed by atoms with van der Waals surface area (Å²) in [5.41, 5.74) is 0.419. The van der Waals surface area contributed by atoms with E-state index in [0.29, 0.717) is 30.3 Å². The Bertz CT molecular complexity index is 1030. The van der Waals surface area contributed by atoms with Gasteiger partial charge in [0, 0.05) is 44.0 Å². The molecule has 0 atom stereocenters. The van der Waals surface area contributed by atoms with Gasteiger partial charge in [-0.2, -0.15) is 15.2 Å². The fourth-order valence-corrected chi connectivity index (χ4v) is 4.71. The lowest BCUT2D eigenvalue weighted by molar-refractivity contribution is -0.136. The SMILES string of the molecule is C=CC(=O)N1CC2(CCN(c3nc(OC)nc(-n4ccnc4)c3C#N)C2)C1.CN1CCCC1. The van der Waals surface area contributed by atoms with E-state index in [0.717, 1.165) is 19.5 Å². The van der Waals surface area contributed by atoms with Gasteiger partial charge >= 0.3 is 6.01 Å². The second kappa shape index (κ2) is 9.58. The van der Waals surface area contributed by atoms with Crippen molar-refractivity contribution in [1.29, 1.82) is 5.26 Å². The first kappa shape index (κ1) is 22.7. The van der Waals surface area contributed by atoms with Crippen LogP contribution in [0.5, 0.6) is 6.01 Å². The summed E-state index contributed by atoms with van der Waals surface area (Å²) >= 11 is 0. The molecule has 0 aromatic carbocycles. The van der Waals surface area contributed by atoms with Gasteiger partial charge in [-0.05, 0) is 45.5 Å². The fourth-order valence-electron chi connectivity index (χ4n) is 4.71. The Balaban J connectivity index is 0.000000376. The first-order valence-electron chi connectivity index (χ1n) is 11.2. The summed E-state index contributed by atoms with van der Waals surface area (Å²) in [5, 5.41) is 9.77. The maximum absolute atomic E-state index is 11.8. The molecule has 3 aliphatic heterocycles. The standard InChI is InChI=1S/C18H19N7O2.C5H11N/c1-3-14(26)25-10-18(11-25)4-6-23(9-18)15-13(8-19)16(22-17(21-15)27-2)24-7-5-20-12-24;1-6-4-2-3-5-6/h3,5,7,12H,1,4,6,9-11H2,2H3;2-5H2,1H3. The first-order chi connectivity index (χ1) is 16.0. The van der Waals surface area contributed by atoms with Crippen LogP contribution in [0.1, 0.15) is 24.8 Å². The summed E-state index contributed by atoms with van der Waals surface area (Å²) in [7, 11) is 3.67. The number of amides is 1. The number of hydrogen-bond acceptors (Lipinski definition) is 8. The molecule has 0 radical (unpaired) electrons. The third-order valence-electron chi connectivity index (χ3n) is 6.50. The van der Waals surface area contributed by atoms with E-state index in [9.17, 15) is 10.1 Å². The number of nitrogens with zero attached hydrogens (tertiary/aromatic N) is 8. The van der Waals surface area contributed by atoms with Crippen molar-refractivity contribution < 1.29 is 9.53 Å². The molecule has 1 spiro atoms. The number of rotatable bonds is 4. The molecule has 2 aromatic rings. The molecule has 0 bridgehead atoms. The molecule has 0 unspecified atom stereocenters. The van der Waals surface area contributed by atoms with Crippen LogP contribution in [0, 0.1) is 16.7 Å². The van der Waals surface area contributed by atoms with Gasteiger partial charge in [-0.3, -0.25) is 9.36 Å². The molecule has 174 valence electrons. The van der Waals surface area contributed by atoms with Crippen LogP contribution in [0.4, 0.5) is 5.82 Å². The molecule has 2 aromatic heterocycles. The number of imidazole rings is 1. The van der Waals surface area contributed by atoms with E-state index >= 15 is 0 Å². The Morgan fingerprint density at radius 1 is 1.21 bits per heavy atom. The van der Waals surface area contributed by atoms with E-state index in [2.05, 4.69) is 44.4 Å². The summed E-state index contributed by atoms with van der Waals surface area (Å²) in [5.74, 6) is 0.955. The Hall–Kier alpha value is -3.45. The third kappa shape index (κ3) is 4.68. The summed E-state index contributed by atoms with van der Waals surface area (Å²) in [6.07, 6.45) is 10.0. The lowest BCUT2D eigenvalue weighted by Crippen LogP contribution is -2.59. The van der Waals surface area contributed by atoms with Gasteiger partial charge in [0.05, 0.1) is 7.11 Å². The van der Waals surface area contributed by atoms with E-state index in [1.54, 1.807) is 28.2 Å². The predicted molar refractivity (Wildman–Crippen MR) is 123 cm³/mol. The van der Waals surface area contributed by atoms with Crippen LogP contribution in [0.15, 0.2) is 31.4 Å². The van der Waals surface area contributed by atoms with Crippen LogP contribution < -0.4 is 9.64 Å². The molecule has 0 N–H and O–H groups in total. The Labute approximate surface area is 194 Å². The zero-order chi connectivity index (χ0) is 23.4. The molecular formula is C23H30N8O2. The molecule has 10 nitrogen and oxygen atoms in total. The molecule has 3 aliphatic rings. The quantitative estimate of drug-likeness (QED) is 0.646. The van der Waals surface area contributed by atoms with Crippen molar-refractivity contribution in [1.82, 2.24) is 29.3 Å². The highest BCUT2D eigenvalue weighted by Crippen LogP contribution is 2.42. The molecule has 10 heteroatoms. The maximum atomic E-state index is 11.8. The topological polar surface area (TPSA) is 103 Å². The number of anilines is 1. The number of ether oxygens (including phenoxy) is 1. The Morgan fingerprint density at radius 3 is 2.48 bits per heavy atom. The average molecular weight is 451 g/mol. The smallest absolute Gasteiger partial charge is 0.320 e. The third-order valence-corrected chi connectivity index (χ3v) is 6.50. The van der Waals surface area contributed by atoms with Gasteiger partial charge in [0.25, 0.3) is 0 Å². The number of likely N-dealkylation sites (tertiary alicyclic amines) is 2. The van der Waals surface area contributed by atoms with Gasteiger partial charge < -0.3 is 19.4 Å². The van der Waals surface area contributed by atoms with E-state index in [1.165, 1.54) is 39.1 Å². The molecule has 33 heavy (non-hydrogen) atoms. The fraction of sp³-hybridized carbons (Fsp3) is 0.522. The molecule has 3 fully saturated rings. The minimum Gasteiger partial charge on any atom is -0.467 e. The number of methoxy groups -OCH3 is 1. The minimum atomic E-state index is -0.0390. The molecule has 0 saturated carbocycles. The van der Waals surface area contributed by atoms with Crippen molar-refractivity contribution in [3.8, 4) is 17.9 Å². The van der Waals surface area contributed by atoms with Crippen molar-refractivity contribution in [2.45, 2.75) is 19.3 Å². The van der Waals surface area contributed by atoms with Gasteiger partial charge in [-0.25, -0.2) is 4.98 Å². The van der Waals surface area contributed by atoms with Gasteiger partial charge in [-0.15, -0.1) is 0 Å². The molecule has 3 saturated heterocycles. The number of nitriles is 1. The maximum Gasteiger partial charge on any atom is 0.320 e. The van der Waals surface area contributed by atoms with Crippen molar-refractivity contribution in [3.05, 3.63) is 36.9 Å². The summed E-state index contributed by atoms with van der Waals surface area (Å²) in [6, 6.07) is 2.43. The van der Waals surface area contributed by atoms with Crippen LogP contribution in [0.3, 0.4) is 0 Å². The Morgan fingerprint density at radius 2 is 1.94 bits per heavy atom. The second-order valence-electron chi connectivity index (χ2n) is 8.89. The normalized spacial score (nSPS) is 18.9. The van der Waals surface area contributed by atoms with Gasteiger partial charge in [-0.1, -0.05) is 6.58 Å². The highest BCUT2D eigenvalue weighted by atomic mass is 16.5. The molecule has 5 rings (SSSR count). The van der Waals surface area contributed by atoms with Crippen LogP contribution in [-0.2, 0) is 4.79 Å². The van der Waals surface area contributed by atoms with Gasteiger partial charge in [0.1, 0.15) is 18.0 Å². The zero-order valence-electron chi connectivity index (χ0n) is 19.3. The predicted octanol–water partition coefficient (Wildman–Crippen LogP) is 1.48. The van der Waals surface area contributed by atoms with E-state index in [4.69, 9.17) is 4.74 Å². The first-order valence-corrected chi connectivity index (χ1v) is 11.2. The van der Waals surface area contributed by atoms with Crippen molar-refractivity contribution >= 4 is 11.7 Å². The summed E-state index contributed by atoms with van der Waals surface area (Å²) in [6.45, 7) is 9.07. The highest BCUT2D eigenvalue weighted by Gasteiger charge is 2.49. The highest BCUT2D eigenvalue weighted by molar-refractivity contribution is 5.87. The van der Waals surface area contributed by atoms with Crippen molar-refractivity contribution in [3.63, 3.8) is 0 Å². The van der Waals surface area contributed by atoms with Crippen LogP contribution >= 0.6 is 0 Å². The molecule has 1 amide bonds. The number of carbonyl (C=O) groups excluding carboxylic acids is 1. The Kier molecular flexibility index (Phi) is 6.60. The molecule has 5 heterocycles. The number of aromatic nitrogens is 4. The lowest BCUT2D eigenvalue weighted by atomic mass is 9.79. The average Bonchev–Trinajstić information content (AvgIpc) is 3.58. The zero-order valence-corrected chi connectivity index (χ0v) is 19.3. The van der Waals surface area contributed by atoms with Crippen LogP contribution in [-0.4, -0.2) is 88.7 Å². The van der Waals surface area contributed by atoms with E-state index < -0.39 is 0 Å². The largest absolute Gasteiger partial charge is 0.467 e. The minimum absolute atomic E-state index is 0.0390. The summed E-state index contributed by atoms with van der Waals surface area (Å²) in [4.78, 5) is 30.8. The van der Waals surface area contributed by atoms with Crippen LogP contribution in [0.2, 0.25) is 0 Å².